The first-order valence-electron chi connectivity index (χ1n) is 13.0. The number of halogens is 3. The molecule has 0 aliphatic carbocycles. The van der Waals surface area contributed by atoms with Crippen molar-refractivity contribution in [1.82, 2.24) is 24.6 Å². The lowest BCUT2D eigenvalue weighted by molar-refractivity contribution is -0.140. The molecule has 0 saturated carbocycles. The second kappa shape index (κ2) is 10.9. The lowest BCUT2D eigenvalue weighted by atomic mass is 9.91. The number of carbonyl (C=O) groups is 1. The molecule has 2 N–H and O–H groups in total. The van der Waals surface area contributed by atoms with Gasteiger partial charge in [0, 0.05) is 50.4 Å². The third kappa shape index (κ3) is 5.52. The lowest BCUT2D eigenvalue weighted by Gasteiger charge is -2.31. The minimum Gasteiger partial charge on any atom is -0.467 e. The molecule has 2 aliphatic heterocycles. The highest BCUT2D eigenvalue weighted by Gasteiger charge is 2.40. The monoisotopic (exact) mass is 569 g/mol. The van der Waals surface area contributed by atoms with Gasteiger partial charge >= 0.3 is 12.2 Å². The number of fused-ring (bicyclic) bond motifs is 2. The number of carbonyl (C=O) groups excluding carboxylic acids is 1. The smallest absolute Gasteiger partial charge is 0.417 e. The predicted molar refractivity (Wildman–Crippen MR) is 144 cm³/mol. The zero-order valence-electron chi connectivity index (χ0n) is 23.2. The zero-order chi connectivity index (χ0) is 29.5. The molecule has 216 valence electrons. The summed E-state index contributed by atoms with van der Waals surface area (Å²) in [7, 11) is 4.78. The van der Waals surface area contributed by atoms with Gasteiger partial charge in [0.15, 0.2) is 5.69 Å². The maximum Gasteiger partial charge on any atom is 0.417 e. The average molecular weight is 570 g/mol. The van der Waals surface area contributed by atoms with E-state index in [4.69, 9.17) is 15.2 Å². The number of anilines is 2. The predicted octanol–water partition coefficient (Wildman–Crippen LogP) is 3.58. The second-order valence-corrected chi connectivity index (χ2v) is 10.1. The SMILES string of the molecule is CC#Cc1cc(N)cc(C2Cc3nc(OC)nc(N4CCCn5nc(C(=O)N(C)C)cc5C4)c3CO2)c1C(F)(F)F. The Morgan fingerprint density at radius 2 is 2.00 bits per heavy atom. The van der Waals surface area contributed by atoms with Crippen molar-refractivity contribution >= 4 is 17.4 Å². The highest BCUT2D eigenvalue weighted by molar-refractivity contribution is 5.92. The van der Waals surface area contributed by atoms with Crippen LogP contribution in [0.15, 0.2) is 18.2 Å². The quantitative estimate of drug-likeness (QED) is 0.375. The first kappa shape index (κ1) is 28.2. The van der Waals surface area contributed by atoms with Gasteiger partial charge < -0.3 is 25.0 Å². The number of amides is 1. The van der Waals surface area contributed by atoms with Crippen molar-refractivity contribution < 1.29 is 27.4 Å². The van der Waals surface area contributed by atoms with E-state index in [0.717, 1.165) is 12.1 Å². The van der Waals surface area contributed by atoms with Crippen LogP contribution in [0.3, 0.4) is 0 Å². The normalized spacial score (nSPS) is 16.7. The minimum absolute atomic E-state index is 0.0136. The summed E-state index contributed by atoms with van der Waals surface area (Å²) in [6, 6.07) is 4.39. The lowest BCUT2D eigenvalue weighted by Crippen LogP contribution is -2.29. The van der Waals surface area contributed by atoms with Crippen LogP contribution in [-0.4, -0.2) is 58.3 Å². The summed E-state index contributed by atoms with van der Waals surface area (Å²) in [5.41, 5.74) is 7.40. The van der Waals surface area contributed by atoms with Crippen molar-refractivity contribution in [2.24, 2.45) is 0 Å². The second-order valence-electron chi connectivity index (χ2n) is 10.1. The van der Waals surface area contributed by atoms with Crippen molar-refractivity contribution in [3.8, 4) is 17.9 Å². The Morgan fingerprint density at radius 3 is 2.68 bits per heavy atom. The highest BCUT2D eigenvalue weighted by Crippen LogP contribution is 2.43. The van der Waals surface area contributed by atoms with Gasteiger partial charge in [-0.2, -0.15) is 28.2 Å². The maximum atomic E-state index is 14.2. The Kier molecular flexibility index (Phi) is 7.52. The Hall–Kier alpha value is -4.31. The molecule has 1 unspecified atom stereocenters. The van der Waals surface area contributed by atoms with Crippen LogP contribution in [0, 0.1) is 11.8 Å². The van der Waals surface area contributed by atoms with Gasteiger partial charge in [-0.15, -0.1) is 5.92 Å². The Bertz CT molecular complexity index is 1560. The Balaban J connectivity index is 1.52. The Labute approximate surface area is 235 Å². The summed E-state index contributed by atoms with van der Waals surface area (Å²) < 4.78 is 56.0. The highest BCUT2D eigenvalue weighted by atomic mass is 19.4. The molecule has 1 amide bonds. The van der Waals surface area contributed by atoms with Crippen molar-refractivity contribution in [1.29, 1.82) is 0 Å². The first-order valence-corrected chi connectivity index (χ1v) is 13.0. The van der Waals surface area contributed by atoms with Crippen molar-refractivity contribution in [3.05, 3.63) is 57.5 Å². The molecular formula is C28H30F3N7O3. The van der Waals surface area contributed by atoms with Crippen LogP contribution in [0.4, 0.5) is 24.7 Å². The van der Waals surface area contributed by atoms with Gasteiger partial charge in [-0.1, -0.05) is 5.92 Å². The summed E-state index contributed by atoms with van der Waals surface area (Å²) in [6.45, 7) is 3.12. The van der Waals surface area contributed by atoms with Gasteiger partial charge in [-0.05, 0) is 37.1 Å². The van der Waals surface area contributed by atoms with E-state index in [1.165, 1.54) is 31.1 Å². The fourth-order valence-electron chi connectivity index (χ4n) is 5.25. The zero-order valence-corrected chi connectivity index (χ0v) is 23.2. The summed E-state index contributed by atoms with van der Waals surface area (Å²) in [6.07, 6.45) is -4.84. The number of ether oxygens (including phenoxy) is 2. The van der Waals surface area contributed by atoms with Crippen LogP contribution in [0.2, 0.25) is 0 Å². The van der Waals surface area contributed by atoms with Gasteiger partial charge in [0.25, 0.3) is 5.91 Å². The fraction of sp³-hybridized carbons (Fsp3) is 0.429. The molecule has 1 atom stereocenters. The summed E-state index contributed by atoms with van der Waals surface area (Å²) in [4.78, 5) is 25.1. The van der Waals surface area contributed by atoms with E-state index in [1.807, 2.05) is 9.58 Å². The van der Waals surface area contributed by atoms with Crippen molar-refractivity contribution in [2.45, 2.75) is 51.7 Å². The van der Waals surface area contributed by atoms with Crippen LogP contribution >= 0.6 is 0 Å². The molecule has 41 heavy (non-hydrogen) atoms. The van der Waals surface area contributed by atoms with Crippen LogP contribution < -0.4 is 15.4 Å². The van der Waals surface area contributed by atoms with Crippen LogP contribution in [0.5, 0.6) is 6.01 Å². The molecule has 0 spiro atoms. The molecule has 1 aromatic carbocycles. The number of aryl methyl sites for hydroxylation is 1. The molecule has 5 rings (SSSR count). The number of alkyl halides is 3. The Morgan fingerprint density at radius 1 is 1.22 bits per heavy atom. The number of aromatic nitrogens is 4. The number of hydrogen-bond acceptors (Lipinski definition) is 8. The summed E-state index contributed by atoms with van der Waals surface area (Å²) in [5, 5.41) is 4.49. The van der Waals surface area contributed by atoms with Gasteiger partial charge in [0.05, 0.1) is 43.3 Å². The number of nitrogen functional groups attached to an aromatic ring is 1. The molecule has 0 radical (unpaired) electrons. The van der Waals surface area contributed by atoms with Crippen molar-refractivity contribution in [2.75, 3.05) is 38.4 Å². The summed E-state index contributed by atoms with van der Waals surface area (Å²) in [5.74, 6) is 5.45. The molecule has 3 aromatic rings. The number of rotatable bonds is 4. The molecule has 0 fully saturated rings. The van der Waals surface area contributed by atoms with Gasteiger partial charge in [0.2, 0.25) is 0 Å². The van der Waals surface area contributed by atoms with Gasteiger partial charge in [-0.3, -0.25) is 9.48 Å². The molecule has 0 bridgehead atoms. The third-order valence-corrected chi connectivity index (χ3v) is 7.06. The largest absolute Gasteiger partial charge is 0.467 e. The van der Waals surface area contributed by atoms with E-state index in [1.54, 1.807) is 20.2 Å². The van der Waals surface area contributed by atoms with E-state index in [9.17, 15) is 18.0 Å². The number of nitrogens with zero attached hydrogens (tertiary/aromatic N) is 6. The average Bonchev–Trinajstić information content (AvgIpc) is 3.21. The molecule has 10 nitrogen and oxygen atoms in total. The van der Waals surface area contributed by atoms with E-state index in [-0.39, 0.29) is 41.8 Å². The van der Waals surface area contributed by atoms with Gasteiger partial charge in [-0.25, -0.2) is 0 Å². The first-order chi connectivity index (χ1) is 19.5. The number of methoxy groups -OCH3 is 1. The standard InChI is InChI=1S/C28H30F3N7O3/c1-5-7-16-10-17(32)11-19(24(16)28(29,30)31)23-13-21-20(15-41-23)25(34-27(33-21)40-4)37-8-6-9-38-18(14-37)12-22(35-38)26(39)36(2)3/h10-12,23H,6,8-9,13-15,32H2,1-4H3. The maximum absolute atomic E-state index is 14.2. The fourth-order valence-corrected chi connectivity index (χ4v) is 5.25. The van der Waals surface area contributed by atoms with Crippen LogP contribution in [0.1, 0.15) is 63.6 Å². The molecule has 0 saturated heterocycles. The topological polar surface area (TPSA) is 112 Å². The number of benzene rings is 1. The molecular weight excluding hydrogens is 539 g/mol. The van der Waals surface area contributed by atoms with Crippen molar-refractivity contribution in [3.63, 3.8) is 0 Å². The van der Waals surface area contributed by atoms with Gasteiger partial charge in [0.1, 0.15) is 5.82 Å². The molecule has 4 heterocycles. The third-order valence-electron chi connectivity index (χ3n) is 7.06. The van der Waals surface area contributed by atoms with E-state index in [2.05, 4.69) is 26.9 Å². The molecule has 2 aromatic heterocycles. The van der Waals surface area contributed by atoms with Crippen LogP contribution in [0.25, 0.3) is 0 Å². The molecule has 13 heteroatoms. The summed E-state index contributed by atoms with van der Waals surface area (Å²) >= 11 is 0. The van der Waals surface area contributed by atoms with E-state index < -0.39 is 17.8 Å². The number of nitrogens with two attached hydrogens (primary N) is 1. The molecule has 2 aliphatic rings. The van der Waals surface area contributed by atoms with Crippen LogP contribution in [-0.2, 0) is 37.0 Å². The van der Waals surface area contributed by atoms with E-state index >= 15 is 0 Å². The minimum atomic E-state index is -4.66. The van der Waals surface area contributed by atoms with E-state index in [0.29, 0.717) is 42.4 Å². The number of hydrogen-bond donors (Lipinski definition) is 1.